The molecule has 0 N–H and O–H groups in total. The topological polar surface area (TPSA) is 23.6 Å². The summed E-state index contributed by atoms with van der Waals surface area (Å²) in [6, 6.07) is 6.52. The Bertz CT molecular complexity index is 703. The van der Waals surface area contributed by atoms with Crippen molar-refractivity contribution in [3.63, 3.8) is 0 Å². The first-order valence-corrected chi connectivity index (χ1v) is 10.1. The number of rotatable bonds is 2. The Kier molecular flexibility index (Phi) is 4.46. The van der Waals surface area contributed by atoms with Gasteiger partial charge < -0.3 is 4.90 Å². The van der Waals surface area contributed by atoms with Gasteiger partial charge in [0.2, 0.25) is 0 Å². The van der Waals surface area contributed by atoms with Crippen LogP contribution in [0.2, 0.25) is 4.34 Å². The number of nitrogens with zero attached hydrogens (tertiary/aromatic N) is 2. The molecule has 1 amide bonds. The molecule has 23 heavy (non-hydrogen) atoms. The maximum Gasteiger partial charge on any atom is 0.263 e. The van der Waals surface area contributed by atoms with Gasteiger partial charge in [-0.05, 0) is 48.4 Å². The molecule has 0 atom stereocenters. The maximum atomic E-state index is 12.5. The largest absolute Gasteiger partial charge is 0.338 e. The Morgan fingerprint density at radius 1 is 1.17 bits per heavy atom. The van der Waals surface area contributed by atoms with Gasteiger partial charge in [0.05, 0.1) is 9.21 Å². The normalized spacial score (nSPS) is 19.8. The second-order valence-corrected chi connectivity index (χ2v) is 8.93. The van der Waals surface area contributed by atoms with E-state index >= 15 is 0 Å². The van der Waals surface area contributed by atoms with Gasteiger partial charge in [-0.15, -0.1) is 22.7 Å². The smallest absolute Gasteiger partial charge is 0.263 e. The molecular weight excluding hydrogens is 348 g/mol. The second-order valence-electron chi connectivity index (χ2n) is 6.22. The minimum Gasteiger partial charge on any atom is -0.338 e. The zero-order chi connectivity index (χ0) is 15.8. The number of carbonyl (C=O) groups excluding carboxylic acids is 1. The molecule has 2 aliphatic rings. The summed E-state index contributed by atoms with van der Waals surface area (Å²) in [5.74, 6) is 0.138. The van der Waals surface area contributed by atoms with Crippen molar-refractivity contribution < 1.29 is 4.79 Å². The number of fused-ring (bicyclic) bond motifs is 1. The van der Waals surface area contributed by atoms with Gasteiger partial charge in [0.15, 0.2) is 0 Å². The number of thiophene rings is 2. The van der Waals surface area contributed by atoms with Crippen molar-refractivity contribution >= 4 is 40.2 Å². The SMILES string of the molecule is O=C(c1ccc(Cl)s1)N1CCC(N2CCc3sccc3C2)CC1. The van der Waals surface area contributed by atoms with Crippen molar-refractivity contribution in [3.05, 3.63) is 43.2 Å². The molecule has 2 aromatic heterocycles. The number of piperidine rings is 1. The van der Waals surface area contributed by atoms with Crippen LogP contribution < -0.4 is 0 Å². The maximum absolute atomic E-state index is 12.5. The molecular formula is C17H19ClN2OS2. The van der Waals surface area contributed by atoms with Crippen LogP contribution in [0, 0.1) is 0 Å². The Labute approximate surface area is 149 Å². The molecule has 4 rings (SSSR count). The van der Waals surface area contributed by atoms with Crippen molar-refractivity contribution in [1.82, 2.24) is 9.80 Å². The molecule has 0 aliphatic carbocycles. The quantitative estimate of drug-likeness (QED) is 0.798. The molecule has 4 heterocycles. The zero-order valence-corrected chi connectivity index (χ0v) is 15.2. The van der Waals surface area contributed by atoms with Crippen LogP contribution in [0.3, 0.4) is 0 Å². The lowest BCUT2D eigenvalue weighted by molar-refractivity contribution is 0.0605. The Morgan fingerprint density at radius 2 is 2.00 bits per heavy atom. The molecule has 0 spiro atoms. The molecule has 122 valence electrons. The highest BCUT2D eigenvalue weighted by atomic mass is 35.5. The van der Waals surface area contributed by atoms with Crippen LogP contribution in [-0.4, -0.2) is 41.4 Å². The number of amides is 1. The molecule has 1 saturated heterocycles. The van der Waals surface area contributed by atoms with Crippen LogP contribution in [0.4, 0.5) is 0 Å². The Hall–Kier alpha value is -0.880. The van der Waals surface area contributed by atoms with E-state index in [2.05, 4.69) is 16.3 Å². The summed E-state index contributed by atoms with van der Waals surface area (Å²) in [5.41, 5.74) is 1.51. The van der Waals surface area contributed by atoms with Gasteiger partial charge in [0.25, 0.3) is 5.91 Å². The number of hydrogen-bond donors (Lipinski definition) is 0. The lowest BCUT2D eigenvalue weighted by Gasteiger charge is -2.40. The first-order valence-electron chi connectivity index (χ1n) is 8.04. The average Bonchev–Trinajstić information content (AvgIpc) is 3.22. The highest BCUT2D eigenvalue weighted by molar-refractivity contribution is 7.18. The first kappa shape index (κ1) is 15.6. The fourth-order valence-electron chi connectivity index (χ4n) is 3.60. The van der Waals surface area contributed by atoms with Crippen molar-refractivity contribution in [2.45, 2.75) is 31.8 Å². The van der Waals surface area contributed by atoms with E-state index in [9.17, 15) is 4.79 Å². The highest BCUT2D eigenvalue weighted by Crippen LogP contribution is 2.29. The molecule has 6 heteroatoms. The molecule has 0 saturated carbocycles. The highest BCUT2D eigenvalue weighted by Gasteiger charge is 2.29. The molecule has 0 aromatic carbocycles. The Balaban J connectivity index is 1.35. The number of halogens is 1. The first-order chi connectivity index (χ1) is 11.2. The van der Waals surface area contributed by atoms with Gasteiger partial charge >= 0.3 is 0 Å². The predicted molar refractivity (Wildman–Crippen MR) is 96.7 cm³/mol. The Morgan fingerprint density at radius 3 is 2.74 bits per heavy atom. The van der Waals surface area contributed by atoms with E-state index in [1.807, 2.05) is 22.3 Å². The minimum absolute atomic E-state index is 0.138. The van der Waals surface area contributed by atoms with E-state index in [1.165, 1.54) is 23.3 Å². The molecule has 3 nitrogen and oxygen atoms in total. The average molecular weight is 367 g/mol. The summed E-state index contributed by atoms with van der Waals surface area (Å²) in [5, 5.41) is 2.21. The van der Waals surface area contributed by atoms with Gasteiger partial charge in [-0.2, -0.15) is 0 Å². The lowest BCUT2D eigenvalue weighted by atomic mass is 9.99. The molecule has 0 unspecified atom stereocenters. The summed E-state index contributed by atoms with van der Waals surface area (Å²) in [6.45, 7) is 3.95. The van der Waals surface area contributed by atoms with Crippen molar-refractivity contribution in [1.29, 1.82) is 0 Å². The van der Waals surface area contributed by atoms with Crippen LogP contribution in [0.1, 0.15) is 33.0 Å². The fourth-order valence-corrected chi connectivity index (χ4v) is 5.50. The van der Waals surface area contributed by atoms with Gasteiger partial charge in [0.1, 0.15) is 0 Å². The van der Waals surface area contributed by atoms with Gasteiger partial charge in [0, 0.05) is 37.1 Å². The molecule has 2 aromatic rings. The monoisotopic (exact) mass is 366 g/mol. The van der Waals surface area contributed by atoms with E-state index in [-0.39, 0.29) is 5.91 Å². The van der Waals surface area contributed by atoms with Crippen molar-refractivity contribution in [3.8, 4) is 0 Å². The summed E-state index contributed by atoms with van der Waals surface area (Å²) in [4.78, 5) is 19.4. The molecule has 0 radical (unpaired) electrons. The standard InChI is InChI=1S/C17H19ClN2OS2/c18-16-2-1-15(23-16)17(21)19-7-3-13(4-8-19)20-9-5-14-12(11-20)6-10-22-14/h1-2,6,10,13H,3-5,7-9,11H2. The van der Waals surface area contributed by atoms with E-state index < -0.39 is 0 Å². The number of likely N-dealkylation sites (tertiary alicyclic amines) is 1. The lowest BCUT2D eigenvalue weighted by Crippen LogP contribution is -2.47. The minimum atomic E-state index is 0.138. The summed E-state index contributed by atoms with van der Waals surface area (Å²) in [7, 11) is 0. The van der Waals surface area contributed by atoms with E-state index in [4.69, 9.17) is 11.6 Å². The van der Waals surface area contributed by atoms with Crippen molar-refractivity contribution in [2.24, 2.45) is 0 Å². The van der Waals surface area contributed by atoms with Crippen LogP contribution >= 0.6 is 34.3 Å². The van der Waals surface area contributed by atoms with E-state index in [1.54, 1.807) is 10.9 Å². The molecule has 1 fully saturated rings. The number of carbonyl (C=O) groups is 1. The van der Waals surface area contributed by atoms with Crippen LogP contribution in [0.25, 0.3) is 0 Å². The van der Waals surface area contributed by atoms with Gasteiger partial charge in [-0.25, -0.2) is 0 Å². The van der Waals surface area contributed by atoms with E-state index in [0.717, 1.165) is 43.9 Å². The summed E-state index contributed by atoms with van der Waals surface area (Å²) >= 11 is 9.21. The van der Waals surface area contributed by atoms with Crippen molar-refractivity contribution in [2.75, 3.05) is 19.6 Å². The van der Waals surface area contributed by atoms with Gasteiger partial charge in [-0.1, -0.05) is 11.6 Å². The van der Waals surface area contributed by atoms with Gasteiger partial charge in [-0.3, -0.25) is 9.69 Å². The fraction of sp³-hybridized carbons (Fsp3) is 0.471. The van der Waals surface area contributed by atoms with Crippen LogP contribution in [0.15, 0.2) is 23.6 Å². The van der Waals surface area contributed by atoms with Crippen LogP contribution in [-0.2, 0) is 13.0 Å². The zero-order valence-electron chi connectivity index (χ0n) is 12.8. The summed E-state index contributed by atoms with van der Waals surface area (Å²) < 4.78 is 0.683. The predicted octanol–water partition coefficient (Wildman–Crippen LogP) is 4.13. The third kappa shape index (κ3) is 3.20. The molecule has 2 aliphatic heterocycles. The molecule has 0 bridgehead atoms. The third-order valence-electron chi connectivity index (χ3n) is 4.89. The summed E-state index contributed by atoms with van der Waals surface area (Å²) in [6.07, 6.45) is 3.33. The third-order valence-corrected chi connectivity index (χ3v) is 7.13. The number of hydrogen-bond acceptors (Lipinski definition) is 4. The van der Waals surface area contributed by atoms with E-state index in [0.29, 0.717) is 10.4 Å². The van der Waals surface area contributed by atoms with Crippen LogP contribution in [0.5, 0.6) is 0 Å². The second kappa shape index (κ2) is 6.55.